The van der Waals surface area contributed by atoms with Crippen molar-refractivity contribution in [1.29, 1.82) is 0 Å². The van der Waals surface area contributed by atoms with Gasteiger partial charge in [0, 0.05) is 15.6 Å². The molecule has 23 heavy (non-hydrogen) atoms. The zero-order valence-corrected chi connectivity index (χ0v) is 14.0. The second kappa shape index (κ2) is 7.85. The van der Waals surface area contributed by atoms with Crippen LogP contribution in [0, 0.1) is 0 Å². The van der Waals surface area contributed by atoms with E-state index >= 15 is 0 Å². The molecule has 7 heteroatoms. The zero-order valence-electron chi connectivity index (χ0n) is 12.5. The van der Waals surface area contributed by atoms with Crippen LogP contribution in [0.25, 0.3) is 0 Å². The molecular formula is C16H16Cl2N4O. The Balaban J connectivity index is 2.23. The summed E-state index contributed by atoms with van der Waals surface area (Å²) in [6, 6.07) is 12.7. The summed E-state index contributed by atoms with van der Waals surface area (Å²) >= 11 is 11.9. The third kappa shape index (κ3) is 5.16. The summed E-state index contributed by atoms with van der Waals surface area (Å²) in [5.41, 5.74) is 12.9. The van der Waals surface area contributed by atoms with Crippen LogP contribution in [0.15, 0.2) is 52.7 Å². The fourth-order valence-corrected chi connectivity index (χ4v) is 2.14. The van der Waals surface area contributed by atoms with Crippen molar-refractivity contribution in [3.8, 4) is 5.75 Å². The summed E-state index contributed by atoms with van der Waals surface area (Å²) < 4.78 is 5.85. The molecule has 2 aromatic carbocycles. The van der Waals surface area contributed by atoms with E-state index in [2.05, 4.69) is 10.2 Å². The highest BCUT2D eigenvalue weighted by atomic mass is 35.5. The highest BCUT2D eigenvalue weighted by molar-refractivity contribution is 6.31. The van der Waals surface area contributed by atoms with Crippen LogP contribution in [0.4, 0.5) is 0 Å². The molecular weight excluding hydrogens is 335 g/mol. The Morgan fingerprint density at radius 2 is 1.65 bits per heavy atom. The van der Waals surface area contributed by atoms with Crippen molar-refractivity contribution in [2.24, 2.45) is 21.7 Å². The fourth-order valence-electron chi connectivity index (χ4n) is 1.84. The lowest BCUT2D eigenvalue weighted by Gasteiger charge is -2.11. The summed E-state index contributed by atoms with van der Waals surface area (Å²) in [5, 5.41) is 8.86. The van der Waals surface area contributed by atoms with Gasteiger partial charge in [-0.25, -0.2) is 0 Å². The molecule has 2 rings (SSSR count). The predicted molar refractivity (Wildman–Crippen MR) is 95.3 cm³/mol. The van der Waals surface area contributed by atoms with Gasteiger partial charge in [0.15, 0.2) is 0 Å². The van der Waals surface area contributed by atoms with E-state index in [0.717, 1.165) is 11.1 Å². The first kappa shape index (κ1) is 17.1. The minimum absolute atomic E-state index is 0.116. The molecule has 0 fully saturated rings. The summed E-state index contributed by atoms with van der Waals surface area (Å²) in [4.78, 5) is 0. The Bertz CT molecular complexity index is 738. The Hall–Kier alpha value is -2.24. The monoisotopic (exact) mass is 350 g/mol. The van der Waals surface area contributed by atoms with Gasteiger partial charge in [-0.05, 0) is 42.8 Å². The number of guanidine groups is 1. The van der Waals surface area contributed by atoms with E-state index in [4.69, 9.17) is 39.4 Å². The van der Waals surface area contributed by atoms with Crippen LogP contribution >= 0.6 is 23.2 Å². The molecule has 0 radical (unpaired) electrons. The molecule has 0 aromatic heterocycles. The van der Waals surface area contributed by atoms with Crippen molar-refractivity contribution >= 4 is 34.9 Å². The maximum atomic E-state index is 6.05. The standard InChI is InChI=1S/C16H16Cl2N4O/c1-10(21-22-16(19)20)14-8-13(18)6-7-15(14)23-9-11-2-4-12(17)5-3-11/h2-8H,9H2,1H3,(H4,19,20,22)/b21-10-. The average Bonchev–Trinajstić information content (AvgIpc) is 2.53. The Kier molecular flexibility index (Phi) is 5.84. The number of rotatable bonds is 5. The van der Waals surface area contributed by atoms with Crippen molar-refractivity contribution < 1.29 is 4.74 Å². The molecule has 2 aromatic rings. The van der Waals surface area contributed by atoms with Crippen LogP contribution < -0.4 is 16.2 Å². The molecule has 0 aliphatic carbocycles. The van der Waals surface area contributed by atoms with Gasteiger partial charge in [-0.3, -0.25) is 0 Å². The lowest BCUT2D eigenvalue weighted by molar-refractivity contribution is 0.305. The topological polar surface area (TPSA) is 86.0 Å². The number of nitrogens with two attached hydrogens (primary N) is 2. The van der Waals surface area contributed by atoms with Crippen LogP contribution in [0.5, 0.6) is 5.75 Å². The first-order valence-corrected chi connectivity index (χ1v) is 7.51. The Morgan fingerprint density at radius 3 is 2.30 bits per heavy atom. The molecule has 4 N–H and O–H groups in total. The molecule has 0 amide bonds. The average molecular weight is 351 g/mol. The highest BCUT2D eigenvalue weighted by Crippen LogP contribution is 2.25. The first-order valence-electron chi connectivity index (χ1n) is 6.76. The molecule has 0 saturated carbocycles. The van der Waals surface area contributed by atoms with Crippen LogP contribution in [0.1, 0.15) is 18.1 Å². The molecule has 0 unspecified atom stereocenters. The Morgan fingerprint density at radius 1 is 1.00 bits per heavy atom. The van der Waals surface area contributed by atoms with E-state index in [1.807, 2.05) is 24.3 Å². The van der Waals surface area contributed by atoms with Crippen molar-refractivity contribution in [3.05, 3.63) is 63.6 Å². The van der Waals surface area contributed by atoms with Crippen LogP contribution in [-0.2, 0) is 6.61 Å². The quantitative estimate of drug-likeness (QED) is 0.491. The smallest absolute Gasteiger partial charge is 0.211 e. The number of benzene rings is 2. The first-order chi connectivity index (χ1) is 11.0. The van der Waals surface area contributed by atoms with Crippen LogP contribution in [-0.4, -0.2) is 11.7 Å². The molecule has 0 saturated heterocycles. The SMILES string of the molecule is C/C(=N/N=C(N)N)c1cc(Cl)ccc1OCc1ccc(Cl)cc1. The van der Waals surface area contributed by atoms with Gasteiger partial charge in [0.05, 0.1) is 5.71 Å². The van der Waals surface area contributed by atoms with Gasteiger partial charge in [-0.2, -0.15) is 5.10 Å². The second-order valence-electron chi connectivity index (χ2n) is 4.77. The lowest BCUT2D eigenvalue weighted by atomic mass is 10.1. The second-order valence-corrected chi connectivity index (χ2v) is 5.64. The van der Waals surface area contributed by atoms with Gasteiger partial charge in [-0.1, -0.05) is 35.3 Å². The van der Waals surface area contributed by atoms with Crippen molar-refractivity contribution in [2.75, 3.05) is 0 Å². The van der Waals surface area contributed by atoms with E-state index in [-0.39, 0.29) is 5.96 Å². The van der Waals surface area contributed by atoms with E-state index in [9.17, 15) is 0 Å². The van der Waals surface area contributed by atoms with Gasteiger partial charge in [0.1, 0.15) is 12.4 Å². The van der Waals surface area contributed by atoms with Gasteiger partial charge >= 0.3 is 0 Å². The third-order valence-electron chi connectivity index (χ3n) is 2.95. The minimum atomic E-state index is -0.116. The largest absolute Gasteiger partial charge is 0.488 e. The number of hydrogen-bond acceptors (Lipinski definition) is 3. The summed E-state index contributed by atoms with van der Waals surface area (Å²) in [5.74, 6) is 0.520. The van der Waals surface area contributed by atoms with Gasteiger partial charge in [-0.15, -0.1) is 5.10 Å². The number of hydrogen-bond donors (Lipinski definition) is 2. The predicted octanol–water partition coefficient (Wildman–Crippen LogP) is 3.57. The minimum Gasteiger partial charge on any atom is -0.488 e. The Labute approximate surface area is 144 Å². The van der Waals surface area contributed by atoms with E-state index < -0.39 is 0 Å². The molecule has 0 aliphatic rings. The van der Waals surface area contributed by atoms with E-state index in [1.54, 1.807) is 25.1 Å². The van der Waals surface area contributed by atoms with E-state index in [0.29, 0.717) is 28.1 Å². The summed E-state index contributed by atoms with van der Waals surface area (Å²) in [6.45, 7) is 2.16. The zero-order chi connectivity index (χ0) is 16.8. The normalized spacial score (nSPS) is 11.2. The molecule has 0 spiro atoms. The van der Waals surface area contributed by atoms with Gasteiger partial charge < -0.3 is 16.2 Å². The maximum Gasteiger partial charge on any atom is 0.211 e. The maximum absolute atomic E-state index is 6.05. The summed E-state index contributed by atoms with van der Waals surface area (Å²) in [6.07, 6.45) is 0. The van der Waals surface area contributed by atoms with E-state index in [1.165, 1.54) is 0 Å². The molecule has 0 bridgehead atoms. The van der Waals surface area contributed by atoms with Crippen LogP contribution in [0.2, 0.25) is 10.0 Å². The van der Waals surface area contributed by atoms with Crippen molar-refractivity contribution in [3.63, 3.8) is 0 Å². The molecule has 0 aliphatic heterocycles. The third-order valence-corrected chi connectivity index (χ3v) is 3.44. The molecule has 0 atom stereocenters. The molecule has 5 nitrogen and oxygen atoms in total. The lowest BCUT2D eigenvalue weighted by Crippen LogP contribution is -2.22. The van der Waals surface area contributed by atoms with Crippen molar-refractivity contribution in [2.45, 2.75) is 13.5 Å². The highest BCUT2D eigenvalue weighted by Gasteiger charge is 2.09. The summed E-state index contributed by atoms with van der Waals surface area (Å²) in [7, 11) is 0. The van der Waals surface area contributed by atoms with Crippen molar-refractivity contribution in [1.82, 2.24) is 0 Å². The fraction of sp³-hybridized carbons (Fsp3) is 0.125. The van der Waals surface area contributed by atoms with Gasteiger partial charge in [0.25, 0.3) is 0 Å². The number of nitrogens with zero attached hydrogens (tertiary/aromatic N) is 2. The molecule has 0 heterocycles. The number of ether oxygens (including phenoxy) is 1. The number of halogens is 2. The van der Waals surface area contributed by atoms with Crippen LogP contribution in [0.3, 0.4) is 0 Å². The van der Waals surface area contributed by atoms with Gasteiger partial charge in [0.2, 0.25) is 5.96 Å². The molecule has 120 valence electrons.